The molecule has 55 heavy (non-hydrogen) atoms. The molecular formula is C55H92. The van der Waals surface area contributed by atoms with Gasteiger partial charge in [-0.1, -0.05) is 136 Å². The van der Waals surface area contributed by atoms with Crippen LogP contribution in [-0.4, -0.2) is 0 Å². The number of allylic oxidation sites excluding steroid dienone is 20. The largest absolute Gasteiger partial charge is 0.100 e. The molecule has 312 valence electrons. The molecule has 0 saturated heterocycles. The summed E-state index contributed by atoms with van der Waals surface area (Å²) in [5.74, 6) is 0. The molecule has 0 aliphatic rings. The van der Waals surface area contributed by atoms with Crippen molar-refractivity contribution in [1.82, 2.24) is 0 Å². The third-order valence-corrected chi connectivity index (χ3v) is 10.2. The third-order valence-electron chi connectivity index (χ3n) is 10.2. The molecular weight excluding hydrogens is 661 g/mol. The van der Waals surface area contributed by atoms with Gasteiger partial charge in [-0.05, 0) is 205 Å². The highest BCUT2D eigenvalue weighted by Gasteiger charge is 1.98. The van der Waals surface area contributed by atoms with Crippen LogP contribution in [0, 0.1) is 0 Å². The molecule has 0 N–H and O–H groups in total. The van der Waals surface area contributed by atoms with E-state index in [1.54, 1.807) is 5.57 Å². The normalized spacial score (nSPS) is 13.4. The first-order valence-electron chi connectivity index (χ1n) is 22.3. The van der Waals surface area contributed by atoms with E-state index in [-0.39, 0.29) is 0 Å². The lowest BCUT2D eigenvalue weighted by Gasteiger charge is -2.05. The van der Waals surface area contributed by atoms with Crippen LogP contribution in [-0.2, 0) is 0 Å². The van der Waals surface area contributed by atoms with E-state index in [0.29, 0.717) is 0 Å². The van der Waals surface area contributed by atoms with Gasteiger partial charge in [-0.25, -0.2) is 0 Å². The highest BCUT2D eigenvalue weighted by atomic mass is 14.0. The van der Waals surface area contributed by atoms with Crippen molar-refractivity contribution < 1.29 is 0 Å². The van der Waals surface area contributed by atoms with Crippen molar-refractivity contribution in [3.63, 3.8) is 0 Å². The van der Waals surface area contributed by atoms with Crippen LogP contribution in [0.3, 0.4) is 0 Å². The Morgan fingerprint density at radius 1 is 0.309 bits per heavy atom. The van der Waals surface area contributed by atoms with Crippen LogP contribution in [0.5, 0.6) is 0 Å². The summed E-state index contributed by atoms with van der Waals surface area (Å²) in [6.45, 7) is 37.0. The maximum atomic E-state index is 4.10. The molecule has 0 nitrogen and oxygen atoms in total. The first kappa shape index (κ1) is 54.2. The van der Waals surface area contributed by atoms with Gasteiger partial charge in [0.15, 0.2) is 0 Å². The second-order valence-corrected chi connectivity index (χ2v) is 17.0. The minimum absolute atomic E-state index is 1.11. The number of hydrogen-bond donors (Lipinski definition) is 0. The molecule has 0 unspecified atom stereocenters. The van der Waals surface area contributed by atoms with E-state index in [1.807, 2.05) is 0 Å². The monoisotopic (exact) mass is 753 g/mol. The lowest BCUT2D eigenvalue weighted by molar-refractivity contribution is 0.851. The molecule has 0 aromatic carbocycles. The molecule has 0 spiro atoms. The average Bonchev–Trinajstić information content (AvgIpc) is 3.10. The summed E-state index contributed by atoms with van der Waals surface area (Å²) in [7, 11) is 0. The summed E-state index contributed by atoms with van der Waals surface area (Å²) in [4.78, 5) is 0. The van der Waals surface area contributed by atoms with Gasteiger partial charge in [0.05, 0.1) is 0 Å². The van der Waals surface area contributed by atoms with Crippen molar-refractivity contribution in [1.29, 1.82) is 0 Å². The molecule has 0 aromatic rings. The molecule has 0 heteroatoms. The fourth-order valence-corrected chi connectivity index (χ4v) is 6.12. The van der Waals surface area contributed by atoms with Crippen molar-refractivity contribution in [2.45, 2.75) is 218 Å². The zero-order valence-electron chi connectivity index (χ0n) is 39.3. The topological polar surface area (TPSA) is 0 Å². The smallest absolute Gasteiger partial charge is 0.0286 e. The van der Waals surface area contributed by atoms with Gasteiger partial charge in [0.2, 0.25) is 0 Å². The van der Waals surface area contributed by atoms with E-state index in [1.165, 1.54) is 152 Å². The Balaban J connectivity index is 0. The van der Waals surface area contributed by atoms with E-state index >= 15 is 0 Å². The molecule has 0 aliphatic carbocycles. The maximum absolute atomic E-state index is 4.10. The molecule has 0 rings (SSSR count). The minimum atomic E-state index is 1.11. The van der Waals surface area contributed by atoms with Gasteiger partial charge in [-0.3, -0.25) is 0 Å². The second-order valence-electron chi connectivity index (χ2n) is 17.0. The summed E-state index contributed by atoms with van der Waals surface area (Å²) in [5.41, 5.74) is 16.3. The first-order valence-corrected chi connectivity index (χ1v) is 22.3. The van der Waals surface area contributed by atoms with Gasteiger partial charge in [0, 0.05) is 0 Å². The number of hydrogen-bond acceptors (Lipinski definition) is 0. The summed E-state index contributed by atoms with van der Waals surface area (Å²) in [6, 6.07) is 0. The van der Waals surface area contributed by atoms with Crippen LogP contribution in [0.15, 0.2) is 129 Å². The quantitative estimate of drug-likeness (QED) is 0.0668. The Morgan fingerprint density at radius 3 is 0.855 bits per heavy atom. The van der Waals surface area contributed by atoms with Crippen molar-refractivity contribution in [3.8, 4) is 0 Å². The Kier molecular flexibility index (Phi) is 36.3. The van der Waals surface area contributed by atoms with Crippen LogP contribution < -0.4 is 0 Å². The van der Waals surface area contributed by atoms with Crippen LogP contribution in [0.2, 0.25) is 0 Å². The van der Waals surface area contributed by atoms with E-state index in [2.05, 4.69) is 158 Å². The molecule has 0 heterocycles. The van der Waals surface area contributed by atoms with Crippen LogP contribution in [0.25, 0.3) is 0 Å². The summed E-state index contributed by atoms with van der Waals surface area (Å²) in [6.07, 6.45) is 45.1. The van der Waals surface area contributed by atoms with Gasteiger partial charge in [-0.15, -0.1) is 6.58 Å². The second kappa shape index (κ2) is 36.8. The van der Waals surface area contributed by atoms with Crippen molar-refractivity contribution >= 4 is 0 Å². The summed E-state index contributed by atoms with van der Waals surface area (Å²) < 4.78 is 0. The fourth-order valence-electron chi connectivity index (χ4n) is 6.12. The van der Waals surface area contributed by atoms with Gasteiger partial charge in [0.1, 0.15) is 0 Å². The SMILES string of the molecule is C=C(C)CC/C=C(\C)CC/C=C(\C)CC/C=C(\C)CC/C=C(\C)CCC=C(C)C.C=C(CC)CC/C=C(\CC)CC/C=C(\C)CC/C=C(\C)CCC=C(C)C. The molecule has 0 fully saturated rings. The van der Waals surface area contributed by atoms with Crippen molar-refractivity contribution in [3.05, 3.63) is 129 Å². The van der Waals surface area contributed by atoms with Crippen LogP contribution in [0.1, 0.15) is 218 Å². The van der Waals surface area contributed by atoms with Gasteiger partial charge < -0.3 is 0 Å². The van der Waals surface area contributed by atoms with Crippen LogP contribution >= 0.6 is 0 Å². The zero-order chi connectivity index (χ0) is 41.9. The highest BCUT2D eigenvalue weighted by Crippen LogP contribution is 2.18. The standard InChI is InChI=1S/C29H48.C26H44/c1-24(2)14-9-16-26(5)18-11-20-28(7)22-13-23-29(8)21-12-19-27(6)17-10-15-25(3)4;1-8-23(5)15-12-20-26(9-2)21-13-19-25(7)18-11-17-24(6)16-10-14-22(3)4/h15-16,19-20,23H,1,9-14,17-18,21-22H2,2-8H3;14,17,19-20H,5,8-13,15-16,18,21H2,1-4,6-7H3/b26-16+,27-19+,28-20+,29-23+;24-17+,25-19+,26-20+. The zero-order valence-corrected chi connectivity index (χ0v) is 39.3. The van der Waals surface area contributed by atoms with Crippen molar-refractivity contribution in [2.24, 2.45) is 0 Å². The first-order chi connectivity index (χ1) is 26.1. The van der Waals surface area contributed by atoms with Crippen LogP contribution in [0.4, 0.5) is 0 Å². The Labute approximate surface area is 346 Å². The molecule has 0 radical (unpaired) electrons. The molecule has 0 bridgehead atoms. The van der Waals surface area contributed by atoms with E-state index in [9.17, 15) is 0 Å². The average molecular weight is 753 g/mol. The third kappa shape index (κ3) is 40.6. The highest BCUT2D eigenvalue weighted by molar-refractivity contribution is 5.10. The molecule has 0 aliphatic heterocycles. The lowest BCUT2D eigenvalue weighted by atomic mass is 10.0. The Morgan fingerprint density at radius 2 is 0.582 bits per heavy atom. The lowest BCUT2D eigenvalue weighted by Crippen LogP contribution is -1.85. The fraction of sp³-hybridized carbons (Fsp3) is 0.600. The van der Waals surface area contributed by atoms with Gasteiger partial charge >= 0.3 is 0 Å². The van der Waals surface area contributed by atoms with Crippen molar-refractivity contribution in [2.75, 3.05) is 0 Å². The molecule has 0 amide bonds. The molecule has 0 saturated carbocycles. The van der Waals surface area contributed by atoms with Gasteiger partial charge in [0.25, 0.3) is 0 Å². The van der Waals surface area contributed by atoms with E-state index in [4.69, 9.17) is 0 Å². The minimum Gasteiger partial charge on any atom is -0.100 e. The molecule has 0 atom stereocenters. The Bertz CT molecular complexity index is 1320. The van der Waals surface area contributed by atoms with E-state index < -0.39 is 0 Å². The van der Waals surface area contributed by atoms with Gasteiger partial charge in [-0.2, -0.15) is 0 Å². The molecule has 0 aromatic heterocycles. The predicted molar refractivity (Wildman–Crippen MR) is 257 cm³/mol. The summed E-state index contributed by atoms with van der Waals surface area (Å²) >= 11 is 0. The number of rotatable bonds is 29. The summed E-state index contributed by atoms with van der Waals surface area (Å²) in [5, 5.41) is 0. The Hall–Kier alpha value is -2.86. The predicted octanol–water partition coefficient (Wildman–Crippen LogP) is 19.5. The maximum Gasteiger partial charge on any atom is -0.0286 e. The van der Waals surface area contributed by atoms with E-state index in [0.717, 1.165) is 32.1 Å².